The summed E-state index contributed by atoms with van der Waals surface area (Å²) in [5.74, 6) is 1.78. The van der Waals surface area contributed by atoms with E-state index in [4.69, 9.17) is 0 Å². The van der Waals surface area contributed by atoms with E-state index in [1.54, 1.807) is 0 Å². The highest BCUT2D eigenvalue weighted by Gasteiger charge is 2.30. The Kier molecular flexibility index (Phi) is 5.30. The highest BCUT2D eigenvalue weighted by atomic mass is 15.2. The Morgan fingerprint density at radius 1 is 0.941 bits per heavy atom. The van der Waals surface area contributed by atoms with Crippen LogP contribution in [0.1, 0.15) is 52.4 Å². The van der Waals surface area contributed by atoms with Gasteiger partial charge in [0.05, 0.1) is 0 Å². The smallest absolute Gasteiger partial charge is 0.0148 e. The molecule has 0 aromatic carbocycles. The molecule has 1 heterocycles. The Hall–Kier alpha value is -0.0800. The maximum Gasteiger partial charge on any atom is 0.0148 e. The van der Waals surface area contributed by atoms with Gasteiger partial charge in [-0.15, -0.1) is 0 Å². The molecule has 2 aliphatic rings. The Morgan fingerprint density at radius 3 is 2.06 bits per heavy atom. The first-order valence-electron chi connectivity index (χ1n) is 7.74. The molecule has 0 aromatic rings. The lowest BCUT2D eigenvalue weighted by Crippen LogP contribution is -2.52. The number of hydrogen-bond acceptors (Lipinski definition) is 2. The first-order valence-corrected chi connectivity index (χ1v) is 7.74. The van der Waals surface area contributed by atoms with Crippen molar-refractivity contribution in [3.63, 3.8) is 0 Å². The second kappa shape index (κ2) is 6.75. The molecule has 0 aromatic heterocycles. The standard InChI is InChI=1S/C15H30N2/c1-13(2)15(17-11-9-16-10-12-17)14-7-5-3-4-6-8-14/h13-16H,3-12H2,1-2H3. The minimum absolute atomic E-state index is 0.816. The average Bonchev–Trinajstić information content (AvgIpc) is 2.59. The van der Waals surface area contributed by atoms with Crippen molar-refractivity contribution in [2.75, 3.05) is 26.2 Å². The fraction of sp³-hybridized carbons (Fsp3) is 1.00. The van der Waals surface area contributed by atoms with Gasteiger partial charge in [-0.3, -0.25) is 4.90 Å². The van der Waals surface area contributed by atoms with Crippen molar-refractivity contribution in [2.45, 2.75) is 58.4 Å². The van der Waals surface area contributed by atoms with Gasteiger partial charge in [0.2, 0.25) is 0 Å². The SMILES string of the molecule is CC(C)C(C1CCCCCC1)N1CCNCC1. The van der Waals surface area contributed by atoms with E-state index >= 15 is 0 Å². The molecule has 2 rings (SSSR count). The van der Waals surface area contributed by atoms with Crippen LogP contribution in [0.4, 0.5) is 0 Å². The molecule has 0 radical (unpaired) electrons. The third-order valence-electron chi connectivity index (χ3n) is 4.64. The van der Waals surface area contributed by atoms with Crippen LogP contribution in [-0.2, 0) is 0 Å². The molecule has 1 saturated heterocycles. The molecule has 100 valence electrons. The second-order valence-corrected chi connectivity index (χ2v) is 6.27. The zero-order chi connectivity index (χ0) is 12.1. The Labute approximate surface area is 107 Å². The summed E-state index contributed by atoms with van der Waals surface area (Å²) < 4.78 is 0. The molecule has 1 saturated carbocycles. The normalized spacial score (nSPS) is 27.0. The summed E-state index contributed by atoms with van der Waals surface area (Å²) in [6, 6.07) is 0.843. The number of piperazine rings is 1. The maximum absolute atomic E-state index is 3.48. The van der Waals surface area contributed by atoms with Crippen molar-refractivity contribution in [3.05, 3.63) is 0 Å². The van der Waals surface area contributed by atoms with Crippen LogP contribution in [-0.4, -0.2) is 37.1 Å². The third-order valence-corrected chi connectivity index (χ3v) is 4.64. The molecule has 1 aliphatic carbocycles. The van der Waals surface area contributed by atoms with Crippen LogP contribution in [0, 0.1) is 11.8 Å². The molecule has 0 spiro atoms. The molecule has 1 aliphatic heterocycles. The zero-order valence-corrected chi connectivity index (χ0v) is 11.8. The predicted molar refractivity (Wildman–Crippen MR) is 74.3 cm³/mol. The minimum atomic E-state index is 0.816. The number of hydrogen-bond donors (Lipinski definition) is 1. The van der Waals surface area contributed by atoms with E-state index in [0.717, 1.165) is 17.9 Å². The predicted octanol–water partition coefficient (Wildman–Crippen LogP) is 2.89. The van der Waals surface area contributed by atoms with Crippen LogP contribution in [0.3, 0.4) is 0 Å². The lowest BCUT2D eigenvalue weighted by atomic mass is 9.83. The van der Waals surface area contributed by atoms with Gasteiger partial charge < -0.3 is 5.32 Å². The molecule has 0 bridgehead atoms. The van der Waals surface area contributed by atoms with Crippen LogP contribution >= 0.6 is 0 Å². The van der Waals surface area contributed by atoms with E-state index in [0.29, 0.717) is 0 Å². The monoisotopic (exact) mass is 238 g/mol. The summed E-state index contributed by atoms with van der Waals surface area (Å²) in [5.41, 5.74) is 0. The summed E-state index contributed by atoms with van der Waals surface area (Å²) in [6.07, 6.45) is 8.85. The van der Waals surface area contributed by atoms with Crippen molar-refractivity contribution >= 4 is 0 Å². The largest absolute Gasteiger partial charge is 0.314 e. The van der Waals surface area contributed by atoms with Crippen LogP contribution in [0.25, 0.3) is 0 Å². The van der Waals surface area contributed by atoms with E-state index in [9.17, 15) is 0 Å². The van der Waals surface area contributed by atoms with Crippen LogP contribution in [0.2, 0.25) is 0 Å². The molecule has 2 nitrogen and oxygen atoms in total. The molecule has 1 unspecified atom stereocenters. The van der Waals surface area contributed by atoms with E-state index in [1.165, 1.54) is 64.7 Å². The highest BCUT2D eigenvalue weighted by Crippen LogP contribution is 2.31. The van der Waals surface area contributed by atoms with Gasteiger partial charge in [0.1, 0.15) is 0 Å². The highest BCUT2D eigenvalue weighted by molar-refractivity contribution is 4.85. The fourth-order valence-corrected chi connectivity index (χ4v) is 3.90. The van der Waals surface area contributed by atoms with Crippen LogP contribution < -0.4 is 5.32 Å². The topological polar surface area (TPSA) is 15.3 Å². The Bertz CT molecular complexity index is 201. The quantitative estimate of drug-likeness (QED) is 0.761. The lowest BCUT2D eigenvalue weighted by molar-refractivity contribution is 0.0809. The summed E-state index contributed by atoms with van der Waals surface area (Å²) >= 11 is 0. The van der Waals surface area contributed by atoms with Gasteiger partial charge in [-0.25, -0.2) is 0 Å². The van der Waals surface area contributed by atoms with Crippen molar-refractivity contribution in [1.29, 1.82) is 0 Å². The Balaban J connectivity index is 1.98. The zero-order valence-electron chi connectivity index (χ0n) is 11.8. The Morgan fingerprint density at radius 2 is 1.53 bits per heavy atom. The molecule has 2 fully saturated rings. The summed E-state index contributed by atoms with van der Waals surface area (Å²) in [5, 5.41) is 3.48. The van der Waals surface area contributed by atoms with E-state index in [-0.39, 0.29) is 0 Å². The molecule has 1 atom stereocenters. The van der Waals surface area contributed by atoms with Gasteiger partial charge in [-0.1, -0.05) is 39.5 Å². The molecular formula is C15H30N2. The van der Waals surface area contributed by atoms with Crippen molar-refractivity contribution in [3.8, 4) is 0 Å². The summed E-state index contributed by atoms with van der Waals surface area (Å²) in [4.78, 5) is 2.77. The summed E-state index contributed by atoms with van der Waals surface area (Å²) in [7, 11) is 0. The minimum Gasteiger partial charge on any atom is -0.314 e. The van der Waals surface area contributed by atoms with Crippen LogP contribution in [0.5, 0.6) is 0 Å². The van der Waals surface area contributed by atoms with Gasteiger partial charge in [-0.2, -0.15) is 0 Å². The fourth-order valence-electron chi connectivity index (χ4n) is 3.90. The van der Waals surface area contributed by atoms with E-state index < -0.39 is 0 Å². The van der Waals surface area contributed by atoms with E-state index in [1.807, 2.05) is 0 Å². The number of nitrogens with one attached hydrogen (secondary N) is 1. The lowest BCUT2D eigenvalue weighted by Gasteiger charge is -2.41. The van der Waals surface area contributed by atoms with Crippen LogP contribution in [0.15, 0.2) is 0 Å². The van der Waals surface area contributed by atoms with E-state index in [2.05, 4.69) is 24.1 Å². The third kappa shape index (κ3) is 3.69. The first kappa shape index (κ1) is 13.4. The molecule has 0 amide bonds. The molecule has 1 N–H and O–H groups in total. The second-order valence-electron chi connectivity index (χ2n) is 6.27. The number of nitrogens with zero attached hydrogens (tertiary/aromatic N) is 1. The maximum atomic E-state index is 3.48. The molecule has 17 heavy (non-hydrogen) atoms. The summed E-state index contributed by atoms with van der Waals surface area (Å²) in [6.45, 7) is 9.76. The van der Waals surface area contributed by atoms with Crippen molar-refractivity contribution in [1.82, 2.24) is 10.2 Å². The molecular weight excluding hydrogens is 208 g/mol. The van der Waals surface area contributed by atoms with Gasteiger partial charge >= 0.3 is 0 Å². The van der Waals surface area contributed by atoms with Gasteiger partial charge in [0.15, 0.2) is 0 Å². The van der Waals surface area contributed by atoms with Crippen molar-refractivity contribution < 1.29 is 0 Å². The average molecular weight is 238 g/mol. The number of rotatable bonds is 3. The van der Waals surface area contributed by atoms with Gasteiger partial charge in [0, 0.05) is 32.2 Å². The molecule has 2 heteroatoms. The first-order chi connectivity index (χ1) is 8.29. The van der Waals surface area contributed by atoms with Gasteiger partial charge in [-0.05, 0) is 24.7 Å². The van der Waals surface area contributed by atoms with Crippen molar-refractivity contribution in [2.24, 2.45) is 11.8 Å². The van der Waals surface area contributed by atoms with Gasteiger partial charge in [0.25, 0.3) is 0 Å².